The van der Waals surface area contributed by atoms with E-state index in [1.54, 1.807) is 6.07 Å². The first-order valence-electron chi connectivity index (χ1n) is 7.96. The molecular weight excluding hydrogens is 357 g/mol. The molecule has 5 nitrogen and oxygen atoms in total. The molecule has 2 aromatic carbocycles. The Bertz CT molecular complexity index is 1020. The highest BCUT2D eigenvalue weighted by Gasteiger charge is 2.15. The molecule has 1 aromatic heterocycles. The summed E-state index contributed by atoms with van der Waals surface area (Å²) in [6.45, 7) is 3.81. The van der Waals surface area contributed by atoms with Crippen LogP contribution in [0.2, 0.25) is 0 Å². The standard InChI is InChI=1S/C19H15F3N4O/c1-10-3-5-13(11(2)7-10)26-19(27)15-8-16(24-9-23-15)25-14-6-4-12(20)17(21)18(14)22/h3-9H,1-2H3,(H,26,27)(H,23,24,25). The van der Waals surface area contributed by atoms with Crippen molar-refractivity contribution in [3.63, 3.8) is 0 Å². The van der Waals surface area contributed by atoms with Crippen LogP contribution >= 0.6 is 0 Å². The van der Waals surface area contributed by atoms with E-state index in [-0.39, 0.29) is 17.2 Å². The van der Waals surface area contributed by atoms with E-state index < -0.39 is 23.4 Å². The molecule has 8 heteroatoms. The van der Waals surface area contributed by atoms with Gasteiger partial charge in [0.1, 0.15) is 17.8 Å². The maximum Gasteiger partial charge on any atom is 0.274 e. The van der Waals surface area contributed by atoms with E-state index in [0.29, 0.717) is 5.69 Å². The van der Waals surface area contributed by atoms with E-state index in [1.165, 1.54) is 6.07 Å². The highest BCUT2D eigenvalue weighted by Crippen LogP contribution is 2.23. The number of hydrogen-bond acceptors (Lipinski definition) is 4. The highest BCUT2D eigenvalue weighted by atomic mass is 19.2. The third-order valence-corrected chi connectivity index (χ3v) is 3.83. The fourth-order valence-electron chi connectivity index (χ4n) is 2.45. The molecule has 0 saturated heterocycles. The molecule has 0 spiro atoms. The number of hydrogen-bond donors (Lipinski definition) is 2. The van der Waals surface area contributed by atoms with E-state index in [1.807, 2.05) is 26.0 Å². The number of carbonyl (C=O) groups is 1. The number of aromatic nitrogens is 2. The zero-order chi connectivity index (χ0) is 19.6. The van der Waals surface area contributed by atoms with E-state index in [0.717, 1.165) is 29.6 Å². The minimum atomic E-state index is -1.60. The van der Waals surface area contributed by atoms with Crippen LogP contribution in [0.3, 0.4) is 0 Å². The Hall–Kier alpha value is -3.42. The molecule has 1 heterocycles. The Morgan fingerprint density at radius 3 is 2.41 bits per heavy atom. The number of nitrogens with one attached hydrogen (secondary N) is 2. The maximum absolute atomic E-state index is 13.8. The minimum Gasteiger partial charge on any atom is -0.338 e. The number of rotatable bonds is 4. The van der Waals surface area contributed by atoms with Crippen LogP contribution in [0.25, 0.3) is 0 Å². The molecule has 0 atom stereocenters. The molecule has 0 fully saturated rings. The molecule has 27 heavy (non-hydrogen) atoms. The lowest BCUT2D eigenvalue weighted by atomic mass is 10.1. The summed E-state index contributed by atoms with van der Waals surface area (Å²) in [5.74, 6) is -4.70. The summed E-state index contributed by atoms with van der Waals surface area (Å²) in [6, 6.07) is 8.66. The molecule has 3 aromatic rings. The second-order valence-electron chi connectivity index (χ2n) is 5.91. The van der Waals surface area contributed by atoms with Crippen LogP contribution in [-0.2, 0) is 0 Å². The number of anilines is 3. The van der Waals surface area contributed by atoms with Gasteiger partial charge in [0.05, 0.1) is 5.69 Å². The van der Waals surface area contributed by atoms with Gasteiger partial charge in [-0.15, -0.1) is 0 Å². The lowest BCUT2D eigenvalue weighted by molar-refractivity contribution is 0.102. The lowest BCUT2D eigenvalue weighted by Crippen LogP contribution is -2.15. The summed E-state index contributed by atoms with van der Waals surface area (Å²) in [5.41, 5.74) is 2.29. The molecule has 0 aliphatic rings. The Morgan fingerprint density at radius 1 is 0.926 bits per heavy atom. The van der Waals surface area contributed by atoms with Crippen molar-refractivity contribution < 1.29 is 18.0 Å². The lowest BCUT2D eigenvalue weighted by Gasteiger charge is -2.10. The molecule has 2 N–H and O–H groups in total. The Kier molecular flexibility index (Phi) is 5.07. The van der Waals surface area contributed by atoms with Gasteiger partial charge in [-0.1, -0.05) is 17.7 Å². The first-order chi connectivity index (χ1) is 12.8. The number of aryl methyl sites for hydroxylation is 2. The zero-order valence-electron chi connectivity index (χ0n) is 14.5. The van der Waals surface area contributed by atoms with Crippen LogP contribution in [0, 0.1) is 31.3 Å². The van der Waals surface area contributed by atoms with Gasteiger partial charge in [-0.2, -0.15) is 0 Å². The molecule has 0 saturated carbocycles. The third kappa shape index (κ3) is 4.05. The predicted octanol–water partition coefficient (Wildman–Crippen LogP) is 4.51. The molecule has 0 radical (unpaired) electrons. The van der Waals surface area contributed by atoms with Gasteiger partial charge in [0, 0.05) is 11.8 Å². The average molecular weight is 372 g/mol. The van der Waals surface area contributed by atoms with Crippen LogP contribution in [0.5, 0.6) is 0 Å². The fraction of sp³-hybridized carbons (Fsp3) is 0.105. The maximum atomic E-state index is 13.8. The number of halogens is 3. The van der Waals surface area contributed by atoms with E-state index >= 15 is 0 Å². The molecule has 138 valence electrons. The van der Waals surface area contributed by atoms with Crippen molar-refractivity contribution in [1.82, 2.24) is 9.97 Å². The van der Waals surface area contributed by atoms with Gasteiger partial charge in [0.15, 0.2) is 17.5 Å². The molecule has 0 unspecified atom stereocenters. The van der Waals surface area contributed by atoms with Gasteiger partial charge >= 0.3 is 0 Å². The average Bonchev–Trinajstić information content (AvgIpc) is 2.65. The van der Waals surface area contributed by atoms with Gasteiger partial charge < -0.3 is 10.6 Å². The molecule has 3 rings (SSSR count). The van der Waals surface area contributed by atoms with E-state index in [2.05, 4.69) is 20.6 Å². The summed E-state index contributed by atoms with van der Waals surface area (Å²) in [7, 11) is 0. The number of benzene rings is 2. The molecule has 0 bridgehead atoms. The second kappa shape index (κ2) is 7.45. The Morgan fingerprint density at radius 2 is 1.67 bits per heavy atom. The minimum absolute atomic E-state index is 0.0236. The summed E-state index contributed by atoms with van der Waals surface area (Å²) in [6.07, 6.45) is 1.11. The SMILES string of the molecule is Cc1ccc(NC(=O)c2cc(Nc3ccc(F)c(F)c3F)ncn2)c(C)c1. The van der Waals surface area contributed by atoms with Crippen LogP contribution in [0.1, 0.15) is 21.6 Å². The van der Waals surface area contributed by atoms with Crippen LogP contribution in [-0.4, -0.2) is 15.9 Å². The number of nitrogens with zero attached hydrogens (tertiary/aromatic N) is 2. The van der Waals surface area contributed by atoms with Crippen molar-refractivity contribution in [2.45, 2.75) is 13.8 Å². The molecule has 0 aliphatic heterocycles. The van der Waals surface area contributed by atoms with E-state index in [9.17, 15) is 18.0 Å². The van der Waals surface area contributed by atoms with Crippen LogP contribution in [0.15, 0.2) is 42.7 Å². The van der Waals surface area contributed by atoms with Crippen molar-refractivity contribution in [2.24, 2.45) is 0 Å². The normalized spacial score (nSPS) is 10.6. The van der Waals surface area contributed by atoms with Gasteiger partial charge in [0.25, 0.3) is 5.91 Å². The molecule has 1 amide bonds. The largest absolute Gasteiger partial charge is 0.338 e. The van der Waals surface area contributed by atoms with Gasteiger partial charge in [-0.05, 0) is 37.6 Å². The van der Waals surface area contributed by atoms with Gasteiger partial charge in [0.2, 0.25) is 0 Å². The van der Waals surface area contributed by atoms with Crippen molar-refractivity contribution in [2.75, 3.05) is 10.6 Å². The third-order valence-electron chi connectivity index (χ3n) is 3.83. The monoisotopic (exact) mass is 372 g/mol. The predicted molar refractivity (Wildman–Crippen MR) is 95.5 cm³/mol. The topological polar surface area (TPSA) is 66.9 Å². The smallest absolute Gasteiger partial charge is 0.274 e. The quantitative estimate of drug-likeness (QED) is 0.662. The Balaban J connectivity index is 1.81. The second-order valence-corrected chi connectivity index (χ2v) is 5.91. The molecular formula is C19H15F3N4O. The molecule has 0 aliphatic carbocycles. The highest BCUT2D eigenvalue weighted by molar-refractivity contribution is 6.03. The summed E-state index contributed by atoms with van der Waals surface area (Å²) in [5, 5.41) is 5.24. The van der Waals surface area contributed by atoms with Crippen molar-refractivity contribution >= 4 is 23.1 Å². The van der Waals surface area contributed by atoms with Crippen molar-refractivity contribution in [3.8, 4) is 0 Å². The van der Waals surface area contributed by atoms with Crippen LogP contribution in [0.4, 0.5) is 30.4 Å². The zero-order valence-corrected chi connectivity index (χ0v) is 14.5. The van der Waals surface area contributed by atoms with Crippen LogP contribution < -0.4 is 10.6 Å². The first-order valence-corrected chi connectivity index (χ1v) is 7.96. The number of amides is 1. The summed E-state index contributed by atoms with van der Waals surface area (Å²) >= 11 is 0. The van der Waals surface area contributed by atoms with Crippen molar-refractivity contribution in [1.29, 1.82) is 0 Å². The summed E-state index contributed by atoms with van der Waals surface area (Å²) < 4.78 is 40.1. The van der Waals surface area contributed by atoms with E-state index in [4.69, 9.17) is 0 Å². The van der Waals surface area contributed by atoms with Crippen molar-refractivity contribution in [3.05, 3.63) is 77.0 Å². The Labute approximate surface area is 153 Å². The van der Waals surface area contributed by atoms with Gasteiger partial charge in [-0.3, -0.25) is 4.79 Å². The van der Waals surface area contributed by atoms with Gasteiger partial charge in [-0.25, -0.2) is 23.1 Å². The number of carbonyl (C=O) groups excluding carboxylic acids is 1. The first kappa shape index (κ1) is 18.4. The summed E-state index contributed by atoms with van der Waals surface area (Å²) in [4.78, 5) is 20.2. The fourth-order valence-corrected chi connectivity index (χ4v) is 2.45.